The van der Waals surface area contributed by atoms with Crippen LogP contribution in [0.3, 0.4) is 0 Å². The first-order valence-electron chi connectivity index (χ1n) is 5.36. The van der Waals surface area contributed by atoms with Crippen molar-refractivity contribution in [3.05, 3.63) is 0 Å². The summed E-state index contributed by atoms with van der Waals surface area (Å²) in [7, 11) is -1.16. The van der Waals surface area contributed by atoms with E-state index in [1.54, 1.807) is 0 Å². The lowest BCUT2D eigenvalue weighted by Gasteiger charge is -2.38. The van der Waals surface area contributed by atoms with Gasteiger partial charge in [0.2, 0.25) is 0 Å². The minimum Gasteiger partial charge on any atom is -0.393 e. The summed E-state index contributed by atoms with van der Waals surface area (Å²) in [5.41, 5.74) is 0.854. The van der Waals surface area contributed by atoms with Gasteiger partial charge >= 0.3 is 0 Å². The predicted molar refractivity (Wildman–Crippen MR) is 60.7 cm³/mol. The second kappa shape index (κ2) is 3.09. The number of aliphatic hydroxyl groups excluding tert-OH is 1. The Morgan fingerprint density at radius 2 is 1.77 bits per heavy atom. The summed E-state index contributed by atoms with van der Waals surface area (Å²) in [6, 6.07) is 0. The van der Waals surface area contributed by atoms with Crippen LogP contribution in [0.15, 0.2) is 0 Å². The van der Waals surface area contributed by atoms with E-state index in [-0.39, 0.29) is 6.10 Å². The number of rotatable bonds is 2. The van der Waals surface area contributed by atoms with E-state index in [0.717, 1.165) is 5.54 Å². The minimum atomic E-state index is -1.16. The van der Waals surface area contributed by atoms with Gasteiger partial charge in [-0.1, -0.05) is 33.9 Å². The van der Waals surface area contributed by atoms with Gasteiger partial charge in [-0.05, 0) is 29.8 Å². The standard InChI is InChI=1S/C11H24OSi/c1-8(12)9-7-10(9)13(5,6)11(2,3)4/h8-10,12H,7H2,1-6H3/t8-,9?,10?/m0/s1. The molecule has 1 nitrogen and oxygen atoms in total. The van der Waals surface area contributed by atoms with Crippen molar-refractivity contribution in [3.8, 4) is 0 Å². The fraction of sp³-hybridized carbons (Fsp3) is 1.00. The third-order valence-corrected chi connectivity index (χ3v) is 10.7. The molecule has 13 heavy (non-hydrogen) atoms. The van der Waals surface area contributed by atoms with Crippen molar-refractivity contribution in [3.63, 3.8) is 0 Å². The molecule has 1 rings (SSSR count). The average molecular weight is 200 g/mol. The fourth-order valence-electron chi connectivity index (χ4n) is 2.13. The third-order valence-electron chi connectivity index (χ3n) is 4.32. The molecule has 2 unspecified atom stereocenters. The SMILES string of the molecule is C[C@H](O)C1CC1[Si](C)(C)C(C)(C)C. The van der Waals surface area contributed by atoms with E-state index >= 15 is 0 Å². The van der Waals surface area contributed by atoms with Gasteiger partial charge in [0.15, 0.2) is 0 Å². The lowest BCUT2D eigenvalue weighted by atomic mass is 10.2. The highest BCUT2D eigenvalue weighted by Crippen LogP contribution is 2.60. The quantitative estimate of drug-likeness (QED) is 0.678. The normalized spacial score (nSPS) is 31.6. The molecule has 0 aromatic carbocycles. The first-order chi connectivity index (χ1) is 5.68. The molecule has 0 aliphatic heterocycles. The molecule has 1 saturated carbocycles. The average Bonchev–Trinajstić information content (AvgIpc) is 2.60. The molecule has 0 heterocycles. The zero-order valence-corrected chi connectivity index (χ0v) is 10.9. The van der Waals surface area contributed by atoms with Crippen LogP contribution in [0.4, 0.5) is 0 Å². The molecule has 1 fully saturated rings. The third kappa shape index (κ3) is 1.99. The van der Waals surface area contributed by atoms with Crippen LogP contribution in [0.5, 0.6) is 0 Å². The molecule has 0 saturated heterocycles. The summed E-state index contributed by atoms with van der Waals surface area (Å²) in [5.74, 6) is 0.612. The molecule has 78 valence electrons. The maximum Gasteiger partial charge on any atom is 0.0562 e. The number of hydrogen-bond acceptors (Lipinski definition) is 1. The maximum atomic E-state index is 9.51. The van der Waals surface area contributed by atoms with Gasteiger partial charge in [-0.15, -0.1) is 0 Å². The van der Waals surface area contributed by atoms with Crippen molar-refractivity contribution in [2.45, 2.75) is 63.9 Å². The Bertz CT molecular complexity index is 191. The van der Waals surface area contributed by atoms with Gasteiger partial charge in [0.05, 0.1) is 14.2 Å². The molecule has 0 aromatic rings. The Labute approximate surface area is 83.6 Å². The lowest BCUT2D eigenvalue weighted by molar-refractivity contribution is 0.171. The molecule has 1 aliphatic carbocycles. The van der Waals surface area contributed by atoms with Crippen molar-refractivity contribution in [1.29, 1.82) is 0 Å². The van der Waals surface area contributed by atoms with E-state index in [1.807, 2.05) is 6.92 Å². The van der Waals surface area contributed by atoms with Gasteiger partial charge in [-0.3, -0.25) is 0 Å². The molecular weight excluding hydrogens is 176 g/mol. The molecule has 2 heteroatoms. The van der Waals surface area contributed by atoms with Crippen molar-refractivity contribution in [2.24, 2.45) is 5.92 Å². The van der Waals surface area contributed by atoms with Crippen molar-refractivity contribution in [1.82, 2.24) is 0 Å². The highest BCUT2D eigenvalue weighted by molar-refractivity contribution is 6.82. The first-order valence-corrected chi connectivity index (χ1v) is 8.43. The van der Waals surface area contributed by atoms with Crippen LogP contribution in [0.25, 0.3) is 0 Å². The fourth-order valence-corrected chi connectivity index (χ4v) is 5.46. The van der Waals surface area contributed by atoms with Gasteiger partial charge in [0, 0.05) is 0 Å². The highest BCUT2D eigenvalue weighted by Gasteiger charge is 2.54. The summed E-state index contributed by atoms with van der Waals surface area (Å²) < 4.78 is 0. The topological polar surface area (TPSA) is 20.2 Å². The number of hydrogen-bond donors (Lipinski definition) is 1. The van der Waals surface area contributed by atoms with E-state index in [4.69, 9.17) is 0 Å². The van der Waals surface area contributed by atoms with Crippen molar-refractivity contribution < 1.29 is 5.11 Å². The van der Waals surface area contributed by atoms with Gasteiger partial charge in [0.25, 0.3) is 0 Å². The smallest absolute Gasteiger partial charge is 0.0562 e. The van der Waals surface area contributed by atoms with Crippen LogP contribution >= 0.6 is 0 Å². The zero-order chi connectivity index (χ0) is 10.4. The monoisotopic (exact) mass is 200 g/mol. The lowest BCUT2D eigenvalue weighted by Crippen LogP contribution is -2.38. The second-order valence-electron chi connectivity index (χ2n) is 6.22. The van der Waals surface area contributed by atoms with Crippen LogP contribution in [0.1, 0.15) is 34.1 Å². The van der Waals surface area contributed by atoms with Gasteiger partial charge in [0.1, 0.15) is 0 Å². The second-order valence-corrected chi connectivity index (χ2v) is 11.9. The van der Waals surface area contributed by atoms with E-state index in [2.05, 4.69) is 33.9 Å². The van der Waals surface area contributed by atoms with Crippen LogP contribution < -0.4 is 0 Å². The van der Waals surface area contributed by atoms with Gasteiger partial charge in [-0.25, -0.2) is 0 Å². The molecule has 0 bridgehead atoms. The molecule has 0 spiro atoms. The zero-order valence-electron chi connectivity index (χ0n) is 9.89. The maximum absolute atomic E-state index is 9.51. The summed E-state index contributed by atoms with van der Waals surface area (Å²) in [4.78, 5) is 0. The Balaban J connectivity index is 2.65. The summed E-state index contributed by atoms with van der Waals surface area (Å²) in [6.07, 6.45) is 1.19. The van der Waals surface area contributed by atoms with Gasteiger partial charge in [-0.2, -0.15) is 0 Å². The van der Waals surface area contributed by atoms with E-state index in [1.165, 1.54) is 6.42 Å². The predicted octanol–water partition coefficient (Wildman–Crippen LogP) is 3.27. The van der Waals surface area contributed by atoms with Crippen LogP contribution in [0, 0.1) is 5.92 Å². The minimum absolute atomic E-state index is 0.0841. The molecule has 3 atom stereocenters. The Hall–Kier alpha value is 0.177. The Morgan fingerprint density at radius 3 is 2.00 bits per heavy atom. The van der Waals surface area contributed by atoms with Crippen LogP contribution in [0.2, 0.25) is 23.7 Å². The van der Waals surface area contributed by atoms with E-state index in [9.17, 15) is 5.11 Å². The van der Waals surface area contributed by atoms with Crippen LogP contribution in [-0.4, -0.2) is 19.3 Å². The Morgan fingerprint density at radius 1 is 1.31 bits per heavy atom. The largest absolute Gasteiger partial charge is 0.393 e. The number of aliphatic hydroxyl groups is 1. The Kier molecular flexibility index (Phi) is 2.68. The molecule has 0 radical (unpaired) electrons. The molecule has 1 aliphatic rings. The van der Waals surface area contributed by atoms with E-state index in [0.29, 0.717) is 11.0 Å². The molecule has 0 aromatic heterocycles. The highest BCUT2D eigenvalue weighted by atomic mass is 28.3. The van der Waals surface area contributed by atoms with Crippen molar-refractivity contribution >= 4 is 8.07 Å². The van der Waals surface area contributed by atoms with Gasteiger partial charge < -0.3 is 5.11 Å². The molecule has 0 amide bonds. The molecule has 1 N–H and O–H groups in total. The summed E-state index contributed by atoms with van der Waals surface area (Å²) in [6.45, 7) is 14.0. The summed E-state index contributed by atoms with van der Waals surface area (Å²) >= 11 is 0. The first kappa shape index (κ1) is 11.3. The molecular formula is C11H24OSi. The van der Waals surface area contributed by atoms with Crippen LogP contribution in [-0.2, 0) is 0 Å². The van der Waals surface area contributed by atoms with E-state index < -0.39 is 8.07 Å². The summed E-state index contributed by atoms with van der Waals surface area (Å²) in [5, 5.41) is 9.99. The van der Waals surface area contributed by atoms with Crippen molar-refractivity contribution in [2.75, 3.05) is 0 Å².